The fourth-order valence-corrected chi connectivity index (χ4v) is 6.77. The van der Waals surface area contributed by atoms with E-state index in [0.717, 1.165) is 33.0 Å². The lowest BCUT2D eigenvalue weighted by molar-refractivity contribution is -0.159. The molecule has 0 aliphatic carbocycles. The maximum Gasteiger partial charge on any atom is 0.332 e. The topological polar surface area (TPSA) is 92.2 Å². The first kappa shape index (κ1) is 27.0. The highest BCUT2D eigenvalue weighted by atomic mass is 16.5. The predicted octanol–water partition coefficient (Wildman–Crippen LogP) is 3.13. The van der Waals surface area contributed by atoms with Crippen LogP contribution in [0.4, 0.5) is 4.79 Å². The highest BCUT2D eigenvalue weighted by molar-refractivity contribution is 6.19. The van der Waals surface area contributed by atoms with E-state index in [1.165, 1.54) is 14.1 Å². The summed E-state index contributed by atoms with van der Waals surface area (Å²) in [5, 5.41) is 0. The molecule has 3 aliphatic heterocycles. The average Bonchev–Trinajstić information content (AvgIpc) is 2.99. The van der Waals surface area contributed by atoms with Gasteiger partial charge in [0.25, 0.3) is 5.56 Å². The minimum atomic E-state index is -1.45. The van der Waals surface area contributed by atoms with Crippen LogP contribution in [0.3, 0.4) is 0 Å². The molecule has 1 aromatic heterocycles. The Bertz CT molecular complexity index is 1510. The van der Waals surface area contributed by atoms with Gasteiger partial charge in [-0.1, -0.05) is 48.5 Å². The van der Waals surface area contributed by atoms with Crippen molar-refractivity contribution in [2.24, 2.45) is 11.3 Å². The monoisotopic (exact) mass is 554 g/mol. The summed E-state index contributed by atoms with van der Waals surface area (Å²) in [4.78, 5) is 57.2. The molecule has 9 heteroatoms. The summed E-state index contributed by atoms with van der Waals surface area (Å²) in [6.07, 6.45) is 1.13. The Labute approximate surface area is 238 Å². The van der Waals surface area contributed by atoms with Gasteiger partial charge in [-0.25, -0.2) is 4.79 Å². The van der Waals surface area contributed by atoms with Gasteiger partial charge in [-0.05, 0) is 48.1 Å². The van der Waals surface area contributed by atoms with Crippen molar-refractivity contribution < 1.29 is 19.1 Å². The van der Waals surface area contributed by atoms with Crippen LogP contribution in [0.15, 0.2) is 77.6 Å². The van der Waals surface area contributed by atoms with Crippen LogP contribution in [-0.4, -0.2) is 70.8 Å². The van der Waals surface area contributed by atoms with Gasteiger partial charge in [0, 0.05) is 58.0 Å². The molecule has 6 rings (SSSR count). The number of hydrogen-bond acceptors (Lipinski definition) is 6. The molecule has 2 bridgehead atoms. The summed E-state index contributed by atoms with van der Waals surface area (Å²) in [5.74, 6) is 0.102. The van der Waals surface area contributed by atoms with Gasteiger partial charge in [0.05, 0.1) is 0 Å². The minimum absolute atomic E-state index is 0.0118. The molecule has 4 amide bonds. The maximum atomic E-state index is 13.9. The number of benzene rings is 2. The van der Waals surface area contributed by atoms with E-state index in [9.17, 15) is 19.2 Å². The Balaban J connectivity index is 1.26. The zero-order valence-corrected chi connectivity index (χ0v) is 23.4. The molecule has 2 aromatic carbocycles. The number of barbiturate groups is 1. The number of carbonyl (C=O) groups is 3. The van der Waals surface area contributed by atoms with Gasteiger partial charge in [0.2, 0.25) is 11.8 Å². The number of piperidine rings is 1. The standard InChI is InChI=1S/C32H34N4O5/c1-33-29(38)32(30(39)34(2)31(33)40,16-22-11-13-26(14-12-22)41-20-23-7-4-3-5-8-23)21-35-17-24-15-25(19-35)27-9-6-10-28(37)36(27)18-24/h3-14,24-25H,15-21H2,1-2H3/t24-,25-/m0/s1. The minimum Gasteiger partial charge on any atom is -0.489 e. The summed E-state index contributed by atoms with van der Waals surface area (Å²) < 4.78 is 7.79. The number of pyridine rings is 1. The van der Waals surface area contributed by atoms with E-state index in [2.05, 4.69) is 4.90 Å². The van der Waals surface area contributed by atoms with Gasteiger partial charge in [-0.3, -0.25) is 24.2 Å². The number of aromatic nitrogens is 1. The highest BCUT2D eigenvalue weighted by Gasteiger charge is 2.56. The van der Waals surface area contributed by atoms with E-state index < -0.39 is 23.3 Å². The Morgan fingerprint density at radius 3 is 2.20 bits per heavy atom. The van der Waals surface area contributed by atoms with Gasteiger partial charge in [-0.2, -0.15) is 0 Å². The van der Waals surface area contributed by atoms with Crippen LogP contribution in [0.25, 0.3) is 0 Å². The number of likely N-dealkylation sites (tertiary alicyclic amines) is 1. The first-order chi connectivity index (χ1) is 19.7. The molecule has 2 atom stereocenters. The zero-order valence-electron chi connectivity index (χ0n) is 23.4. The summed E-state index contributed by atoms with van der Waals surface area (Å²) in [7, 11) is 2.88. The van der Waals surface area contributed by atoms with E-state index in [4.69, 9.17) is 4.74 Å². The van der Waals surface area contributed by atoms with Gasteiger partial charge in [0.1, 0.15) is 17.8 Å². The maximum absolute atomic E-state index is 13.9. The predicted molar refractivity (Wildman–Crippen MR) is 152 cm³/mol. The molecule has 0 saturated carbocycles. The number of imide groups is 2. The molecule has 0 radical (unpaired) electrons. The fraction of sp³-hybridized carbons (Fsp3) is 0.375. The SMILES string of the molecule is CN1C(=O)N(C)C(=O)C(Cc2ccc(OCc3ccccc3)cc2)(CN2C[C@@H]3C[C@@H](C2)c2cccc(=O)n2C3)C1=O. The van der Waals surface area contributed by atoms with E-state index >= 15 is 0 Å². The second kappa shape index (κ2) is 10.6. The van der Waals surface area contributed by atoms with Gasteiger partial charge in [0.15, 0.2) is 0 Å². The van der Waals surface area contributed by atoms with Crippen LogP contribution in [0, 0.1) is 11.3 Å². The summed E-state index contributed by atoms with van der Waals surface area (Å²) in [6.45, 7) is 2.57. The van der Waals surface area contributed by atoms with E-state index in [0.29, 0.717) is 32.0 Å². The largest absolute Gasteiger partial charge is 0.489 e. The summed E-state index contributed by atoms with van der Waals surface area (Å²) in [6, 6.07) is 22.1. The van der Waals surface area contributed by atoms with Crippen LogP contribution in [0.5, 0.6) is 5.75 Å². The number of nitrogens with zero attached hydrogens (tertiary/aromatic N) is 4. The molecular formula is C32H34N4O5. The van der Waals surface area contributed by atoms with Gasteiger partial charge in [-0.15, -0.1) is 0 Å². The lowest BCUT2D eigenvalue weighted by Crippen LogP contribution is -2.67. The van der Waals surface area contributed by atoms with Crippen molar-refractivity contribution in [1.82, 2.24) is 19.3 Å². The Kier molecular flexibility index (Phi) is 6.99. The third-order valence-electron chi connectivity index (χ3n) is 8.73. The Morgan fingerprint density at radius 2 is 1.49 bits per heavy atom. The van der Waals surface area contributed by atoms with Crippen LogP contribution in [-0.2, 0) is 29.2 Å². The number of ether oxygens (including phenoxy) is 1. The van der Waals surface area contributed by atoms with Crippen molar-refractivity contribution in [3.63, 3.8) is 0 Å². The first-order valence-corrected chi connectivity index (χ1v) is 14.0. The van der Waals surface area contributed by atoms with Crippen molar-refractivity contribution in [2.75, 3.05) is 33.7 Å². The summed E-state index contributed by atoms with van der Waals surface area (Å²) >= 11 is 0. The Morgan fingerprint density at radius 1 is 0.780 bits per heavy atom. The number of rotatable bonds is 7. The normalized spacial score (nSPS) is 22.0. The third kappa shape index (κ3) is 4.95. The molecule has 3 aromatic rings. The van der Waals surface area contributed by atoms with E-state index in [-0.39, 0.29) is 30.4 Å². The lowest BCUT2D eigenvalue weighted by Gasteiger charge is -2.48. The van der Waals surface area contributed by atoms with Crippen LogP contribution >= 0.6 is 0 Å². The molecule has 9 nitrogen and oxygen atoms in total. The van der Waals surface area contributed by atoms with Crippen molar-refractivity contribution in [1.29, 1.82) is 0 Å². The Hall–Kier alpha value is -4.24. The number of hydrogen-bond donors (Lipinski definition) is 0. The van der Waals surface area contributed by atoms with Crippen LogP contribution in [0.1, 0.15) is 29.2 Å². The molecule has 4 heterocycles. The highest BCUT2D eigenvalue weighted by Crippen LogP contribution is 2.39. The number of fused-ring (bicyclic) bond motifs is 4. The molecule has 0 spiro atoms. The summed E-state index contributed by atoms with van der Waals surface area (Å²) in [5.41, 5.74) is 1.43. The second-order valence-electron chi connectivity index (χ2n) is 11.6. The van der Waals surface area contributed by atoms with E-state index in [1.54, 1.807) is 12.1 Å². The molecular weight excluding hydrogens is 520 g/mol. The molecule has 3 aliphatic rings. The smallest absolute Gasteiger partial charge is 0.332 e. The number of amides is 4. The lowest BCUT2D eigenvalue weighted by atomic mass is 9.75. The van der Waals surface area contributed by atoms with Crippen LogP contribution in [0.2, 0.25) is 0 Å². The van der Waals surface area contributed by atoms with Crippen LogP contribution < -0.4 is 10.3 Å². The third-order valence-corrected chi connectivity index (χ3v) is 8.73. The van der Waals surface area contributed by atoms with Crippen molar-refractivity contribution in [2.45, 2.75) is 31.9 Å². The molecule has 41 heavy (non-hydrogen) atoms. The molecule has 0 unspecified atom stereocenters. The molecule has 2 saturated heterocycles. The number of urea groups is 1. The second-order valence-corrected chi connectivity index (χ2v) is 11.6. The van der Waals surface area contributed by atoms with E-state index in [1.807, 2.05) is 65.2 Å². The average molecular weight is 555 g/mol. The fourth-order valence-electron chi connectivity index (χ4n) is 6.77. The zero-order chi connectivity index (χ0) is 28.7. The first-order valence-electron chi connectivity index (χ1n) is 14.0. The molecule has 0 N–H and O–H groups in total. The van der Waals surface area contributed by atoms with Gasteiger partial charge >= 0.3 is 6.03 Å². The van der Waals surface area contributed by atoms with Crippen molar-refractivity contribution in [3.8, 4) is 5.75 Å². The number of carbonyl (C=O) groups excluding carboxylic acids is 3. The quantitative estimate of drug-likeness (QED) is 0.417. The van der Waals surface area contributed by atoms with Crippen molar-refractivity contribution in [3.05, 3.63) is 100.0 Å². The molecule has 212 valence electrons. The van der Waals surface area contributed by atoms with Gasteiger partial charge < -0.3 is 14.2 Å². The molecule has 2 fully saturated rings. The van der Waals surface area contributed by atoms with Crippen molar-refractivity contribution >= 4 is 17.8 Å².